The molecular weight excluding hydrogens is 296 g/mol. The highest BCUT2D eigenvalue weighted by Gasteiger charge is 2.27. The Kier molecular flexibility index (Phi) is 4.18. The molecular formula is C16H20N4O3. The van der Waals surface area contributed by atoms with E-state index in [-0.39, 0.29) is 24.3 Å². The first kappa shape index (κ1) is 15.3. The Morgan fingerprint density at radius 2 is 2.26 bits per heavy atom. The summed E-state index contributed by atoms with van der Waals surface area (Å²) in [5, 5.41) is 2.81. The molecule has 7 heteroatoms. The third-order valence-electron chi connectivity index (χ3n) is 4.07. The molecule has 23 heavy (non-hydrogen) atoms. The van der Waals surface area contributed by atoms with Crippen LogP contribution in [0.25, 0.3) is 0 Å². The summed E-state index contributed by atoms with van der Waals surface area (Å²) in [5.74, 6) is 1.49. The fraction of sp³-hybridized carbons (Fsp3) is 0.438. The Bertz CT molecular complexity index is 705. The summed E-state index contributed by atoms with van der Waals surface area (Å²) in [4.78, 5) is 30.0. The molecule has 3 heterocycles. The SMILES string of the molecule is CC(=O)N1CCn2cc(CC(=O)NCc3ccco3)nc2C1C. The highest BCUT2D eigenvalue weighted by Crippen LogP contribution is 2.24. The second-order valence-electron chi connectivity index (χ2n) is 5.71. The Morgan fingerprint density at radius 3 is 2.96 bits per heavy atom. The monoisotopic (exact) mass is 316 g/mol. The predicted octanol–water partition coefficient (Wildman–Crippen LogP) is 1.26. The summed E-state index contributed by atoms with van der Waals surface area (Å²) in [7, 11) is 0. The van der Waals surface area contributed by atoms with Gasteiger partial charge < -0.3 is 19.2 Å². The smallest absolute Gasteiger partial charge is 0.226 e. The van der Waals surface area contributed by atoms with Gasteiger partial charge >= 0.3 is 0 Å². The van der Waals surface area contributed by atoms with Crippen molar-refractivity contribution < 1.29 is 14.0 Å². The van der Waals surface area contributed by atoms with Crippen molar-refractivity contribution in [1.29, 1.82) is 0 Å². The lowest BCUT2D eigenvalue weighted by Crippen LogP contribution is -2.39. The molecule has 2 aromatic rings. The van der Waals surface area contributed by atoms with Crippen molar-refractivity contribution in [2.75, 3.05) is 6.54 Å². The first-order valence-electron chi connectivity index (χ1n) is 7.67. The van der Waals surface area contributed by atoms with E-state index in [1.807, 2.05) is 23.8 Å². The van der Waals surface area contributed by atoms with Crippen LogP contribution in [0.2, 0.25) is 0 Å². The van der Waals surface area contributed by atoms with Gasteiger partial charge in [-0.2, -0.15) is 0 Å². The van der Waals surface area contributed by atoms with Gasteiger partial charge in [-0.3, -0.25) is 9.59 Å². The van der Waals surface area contributed by atoms with Gasteiger partial charge in [0, 0.05) is 26.2 Å². The van der Waals surface area contributed by atoms with Gasteiger partial charge in [0.1, 0.15) is 11.6 Å². The van der Waals surface area contributed by atoms with Crippen LogP contribution in [-0.4, -0.2) is 32.8 Å². The van der Waals surface area contributed by atoms with Gasteiger partial charge in [-0.1, -0.05) is 0 Å². The number of hydrogen-bond donors (Lipinski definition) is 1. The first-order valence-corrected chi connectivity index (χ1v) is 7.67. The maximum absolute atomic E-state index is 12.0. The Balaban J connectivity index is 1.63. The van der Waals surface area contributed by atoms with Crippen LogP contribution in [-0.2, 0) is 29.1 Å². The maximum atomic E-state index is 12.0. The summed E-state index contributed by atoms with van der Waals surface area (Å²) in [5.41, 5.74) is 0.717. The number of fused-ring (bicyclic) bond motifs is 1. The van der Waals surface area contributed by atoms with E-state index in [4.69, 9.17) is 4.42 Å². The second kappa shape index (κ2) is 6.28. The molecule has 2 amide bonds. The van der Waals surface area contributed by atoms with Crippen molar-refractivity contribution in [3.05, 3.63) is 41.9 Å². The van der Waals surface area contributed by atoms with Crippen molar-refractivity contribution in [2.24, 2.45) is 0 Å². The molecule has 0 radical (unpaired) electrons. The molecule has 1 aliphatic rings. The number of aromatic nitrogens is 2. The number of rotatable bonds is 4. The van der Waals surface area contributed by atoms with Crippen LogP contribution in [0, 0.1) is 0 Å². The zero-order chi connectivity index (χ0) is 16.4. The van der Waals surface area contributed by atoms with Gasteiger partial charge in [0.05, 0.1) is 31.0 Å². The molecule has 0 aromatic carbocycles. The standard InChI is InChI=1S/C16H20N4O3/c1-11-16-18-13(10-19(16)5-6-20(11)12(2)21)8-15(22)17-9-14-4-3-7-23-14/h3-4,7,10-11H,5-6,8-9H2,1-2H3,(H,17,22). The Labute approximate surface area is 134 Å². The van der Waals surface area contributed by atoms with E-state index in [9.17, 15) is 9.59 Å². The van der Waals surface area contributed by atoms with Gasteiger partial charge in [-0.25, -0.2) is 4.98 Å². The van der Waals surface area contributed by atoms with Crippen LogP contribution >= 0.6 is 0 Å². The molecule has 122 valence electrons. The number of carbonyl (C=O) groups excluding carboxylic acids is 2. The van der Waals surface area contributed by atoms with Crippen molar-refractivity contribution >= 4 is 11.8 Å². The van der Waals surface area contributed by atoms with E-state index < -0.39 is 0 Å². The molecule has 1 unspecified atom stereocenters. The highest BCUT2D eigenvalue weighted by molar-refractivity contribution is 5.78. The zero-order valence-corrected chi connectivity index (χ0v) is 13.3. The minimum atomic E-state index is -0.104. The van der Waals surface area contributed by atoms with E-state index >= 15 is 0 Å². The molecule has 3 rings (SSSR count). The molecule has 1 aliphatic heterocycles. The topological polar surface area (TPSA) is 80.4 Å². The number of carbonyl (C=O) groups is 2. The predicted molar refractivity (Wildman–Crippen MR) is 82.3 cm³/mol. The lowest BCUT2D eigenvalue weighted by molar-refractivity contribution is -0.132. The zero-order valence-electron chi connectivity index (χ0n) is 13.3. The van der Waals surface area contributed by atoms with Gasteiger partial charge in [0.25, 0.3) is 0 Å². The van der Waals surface area contributed by atoms with E-state index in [0.717, 1.165) is 5.82 Å². The fourth-order valence-corrected chi connectivity index (χ4v) is 2.89. The van der Waals surface area contributed by atoms with Gasteiger partial charge in [-0.05, 0) is 19.1 Å². The van der Waals surface area contributed by atoms with Crippen LogP contribution in [0.5, 0.6) is 0 Å². The molecule has 0 aliphatic carbocycles. The summed E-state index contributed by atoms with van der Waals surface area (Å²) >= 11 is 0. The van der Waals surface area contributed by atoms with Crippen molar-refractivity contribution in [3.63, 3.8) is 0 Å². The number of imidazole rings is 1. The second-order valence-corrected chi connectivity index (χ2v) is 5.71. The van der Waals surface area contributed by atoms with E-state index in [2.05, 4.69) is 10.3 Å². The van der Waals surface area contributed by atoms with E-state index in [1.54, 1.807) is 24.2 Å². The number of nitrogens with one attached hydrogen (secondary N) is 1. The Hall–Kier alpha value is -2.57. The molecule has 0 saturated heterocycles. The summed E-state index contributed by atoms with van der Waals surface area (Å²) in [6.07, 6.45) is 3.69. The molecule has 0 saturated carbocycles. The molecule has 1 N–H and O–H groups in total. The van der Waals surface area contributed by atoms with Crippen molar-refractivity contribution in [2.45, 2.75) is 39.4 Å². The summed E-state index contributed by atoms with van der Waals surface area (Å²) in [6, 6.07) is 3.53. The largest absolute Gasteiger partial charge is 0.467 e. The molecule has 0 bridgehead atoms. The van der Waals surface area contributed by atoms with Crippen LogP contribution in [0.1, 0.15) is 37.2 Å². The fourth-order valence-electron chi connectivity index (χ4n) is 2.89. The van der Waals surface area contributed by atoms with Gasteiger partial charge in [0.2, 0.25) is 11.8 Å². The van der Waals surface area contributed by atoms with Crippen molar-refractivity contribution in [3.8, 4) is 0 Å². The van der Waals surface area contributed by atoms with Crippen LogP contribution in [0.15, 0.2) is 29.0 Å². The number of nitrogens with zero attached hydrogens (tertiary/aromatic N) is 3. The highest BCUT2D eigenvalue weighted by atomic mass is 16.3. The third kappa shape index (κ3) is 3.28. The Morgan fingerprint density at radius 1 is 1.43 bits per heavy atom. The summed E-state index contributed by atoms with van der Waals surface area (Å²) in [6.45, 7) is 5.27. The number of furan rings is 1. The summed E-state index contributed by atoms with van der Waals surface area (Å²) < 4.78 is 7.20. The minimum Gasteiger partial charge on any atom is -0.467 e. The van der Waals surface area contributed by atoms with Crippen molar-refractivity contribution in [1.82, 2.24) is 19.8 Å². The van der Waals surface area contributed by atoms with Gasteiger partial charge in [-0.15, -0.1) is 0 Å². The molecule has 0 fully saturated rings. The average Bonchev–Trinajstić information content (AvgIpc) is 3.14. The molecule has 0 spiro atoms. The molecule has 1 atom stereocenters. The average molecular weight is 316 g/mol. The number of amides is 2. The molecule has 2 aromatic heterocycles. The maximum Gasteiger partial charge on any atom is 0.226 e. The minimum absolute atomic E-state index is 0.0458. The van der Waals surface area contributed by atoms with Crippen LogP contribution < -0.4 is 5.32 Å². The quantitative estimate of drug-likeness (QED) is 0.921. The van der Waals surface area contributed by atoms with Crippen LogP contribution in [0.3, 0.4) is 0 Å². The van der Waals surface area contributed by atoms with Crippen LogP contribution in [0.4, 0.5) is 0 Å². The van der Waals surface area contributed by atoms with Gasteiger partial charge in [0.15, 0.2) is 0 Å². The van der Waals surface area contributed by atoms with E-state index in [0.29, 0.717) is 31.1 Å². The normalized spacial score (nSPS) is 17.0. The number of hydrogen-bond acceptors (Lipinski definition) is 4. The first-order chi connectivity index (χ1) is 11.0. The lowest BCUT2D eigenvalue weighted by atomic mass is 10.2. The van der Waals surface area contributed by atoms with E-state index in [1.165, 1.54) is 0 Å². The lowest BCUT2D eigenvalue weighted by Gasteiger charge is -2.32. The third-order valence-corrected chi connectivity index (χ3v) is 4.07. The molecule has 7 nitrogen and oxygen atoms in total.